The maximum atomic E-state index is 11.7. The number of rotatable bonds is 11. The predicted molar refractivity (Wildman–Crippen MR) is 110 cm³/mol. The third-order valence-corrected chi connectivity index (χ3v) is 5.80. The van der Waals surface area contributed by atoms with E-state index in [0.29, 0.717) is 5.92 Å². The van der Waals surface area contributed by atoms with Gasteiger partial charge in [0.2, 0.25) is 0 Å². The molecule has 1 saturated heterocycles. The lowest BCUT2D eigenvalue weighted by Crippen LogP contribution is -2.44. The molecule has 4 nitrogen and oxygen atoms in total. The first-order chi connectivity index (χ1) is 13.0. The molecule has 0 N–H and O–H groups in total. The van der Waals surface area contributed by atoms with E-state index in [2.05, 4.69) is 52.8 Å². The summed E-state index contributed by atoms with van der Waals surface area (Å²) in [5, 5.41) is 0. The van der Waals surface area contributed by atoms with Crippen LogP contribution in [0.1, 0.15) is 86.0 Å². The zero-order valence-electron chi connectivity index (χ0n) is 18.3. The number of ether oxygens (including phenoxy) is 1. The average Bonchev–Trinajstić information content (AvgIpc) is 2.71. The highest BCUT2D eigenvalue weighted by molar-refractivity contribution is 5.69. The average molecular weight is 381 g/mol. The predicted octanol–water partition coefficient (Wildman–Crippen LogP) is 6.16. The van der Waals surface area contributed by atoms with Crippen LogP contribution in [0.15, 0.2) is 23.8 Å². The number of carbonyl (C=O) groups excluding carboxylic acids is 1. The molecule has 0 unspecified atom stereocenters. The number of esters is 1. The first-order valence-electron chi connectivity index (χ1n) is 10.8. The van der Waals surface area contributed by atoms with Gasteiger partial charge in [-0.1, -0.05) is 64.8 Å². The van der Waals surface area contributed by atoms with Gasteiger partial charge in [0.05, 0.1) is 13.5 Å². The Balaban J connectivity index is 2.93. The summed E-state index contributed by atoms with van der Waals surface area (Å²) in [6, 6.07) is 0. The molecular weight excluding hydrogens is 340 g/mol. The minimum Gasteiger partial charge on any atom is -0.469 e. The lowest BCUT2D eigenvalue weighted by molar-refractivity contribution is -0.409. The smallest absolute Gasteiger partial charge is 0.308 e. The van der Waals surface area contributed by atoms with E-state index < -0.39 is 5.60 Å². The van der Waals surface area contributed by atoms with Crippen molar-refractivity contribution in [2.75, 3.05) is 7.11 Å². The molecule has 1 heterocycles. The van der Waals surface area contributed by atoms with Crippen molar-refractivity contribution < 1.29 is 19.3 Å². The van der Waals surface area contributed by atoms with Crippen LogP contribution >= 0.6 is 0 Å². The Morgan fingerprint density at radius 1 is 1.26 bits per heavy atom. The molecule has 1 rings (SSSR count). The van der Waals surface area contributed by atoms with Gasteiger partial charge in [0.1, 0.15) is 11.7 Å². The van der Waals surface area contributed by atoms with Crippen molar-refractivity contribution >= 4 is 5.97 Å². The standard InChI is InChI=1S/C23H40O4/c1-7-12-13-18(8-2)14-19(9-3)16-23(11-5)17-20(10-4)21(26-27-23)15-22(24)25-6/h12-13,16,18,20-21H,7-11,14-15,17H2,1-6H3/b13-12+,19-16+/t18-,20+,21-,23+/m0/s1. The molecule has 0 amide bonds. The molecule has 0 saturated carbocycles. The van der Waals surface area contributed by atoms with Gasteiger partial charge in [-0.2, -0.15) is 0 Å². The van der Waals surface area contributed by atoms with E-state index in [1.54, 1.807) is 0 Å². The van der Waals surface area contributed by atoms with Gasteiger partial charge in [0, 0.05) is 0 Å². The molecule has 1 aliphatic heterocycles. The molecule has 1 fully saturated rings. The molecular formula is C23H40O4. The van der Waals surface area contributed by atoms with Crippen LogP contribution in [0.5, 0.6) is 0 Å². The van der Waals surface area contributed by atoms with Crippen LogP contribution in [0, 0.1) is 11.8 Å². The lowest BCUT2D eigenvalue weighted by atomic mass is 9.80. The summed E-state index contributed by atoms with van der Waals surface area (Å²) in [4.78, 5) is 23.3. The Labute approximate surface area is 166 Å². The van der Waals surface area contributed by atoms with E-state index in [9.17, 15) is 4.79 Å². The van der Waals surface area contributed by atoms with Gasteiger partial charge in [-0.15, -0.1) is 0 Å². The second-order valence-corrected chi connectivity index (χ2v) is 7.65. The molecule has 0 aromatic heterocycles. The Bertz CT molecular complexity index is 497. The van der Waals surface area contributed by atoms with Crippen LogP contribution < -0.4 is 0 Å². The Kier molecular flexibility index (Phi) is 10.9. The van der Waals surface area contributed by atoms with Gasteiger partial charge in [0.15, 0.2) is 0 Å². The summed E-state index contributed by atoms with van der Waals surface area (Å²) >= 11 is 0. The van der Waals surface area contributed by atoms with E-state index in [1.807, 2.05) is 0 Å². The van der Waals surface area contributed by atoms with Crippen LogP contribution in [0.2, 0.25) is 0 Å². The summed E-state index contributed by atoms with van der Waals surface area (Å²) in [6.45, 7) is 10.9. The Morgan fingerprint density at radius 3 is 2.52 bits per heavy atom. The van der Waals surface area contributed by atoms with Crippen LogP contribution in [0.4, 0.5) is 0 Å². The summed E-state index contributed by atoms with van der Waals surface area (Å²) in [6.07, 6.45) is 14.0. The fourth-order valence-electron chi connectivity index (χ4n) is 3.78. The monoisotopic (exact) mass is 380 g/mol. The van der Waals surface area contributed by atoms with E-state index >= 15 is 0 Å². The summed E-state index contributed by atoms with van der Waals surface area (Å²) in [5.41, 5.74) is 1.03. The van der Waals surface area contributed by atoms with Crippen molar-refractivity contribution in [1.82, 2.24) is 0 Å². The largest absolute Gasteiger partial charge is 0.469 e. The van der Waals surface area contributed by atoms with Crippen molar-refractivity contribution in [3.8, 4) is 0 Å². The topological polar surface area (TPSA) is 44.8 Å². The fourth-order valence-corrected chi connectivity index (χ4v) is 3.78. The van der Waals surface area contributed by atoms with Crippen molar-refractivity contribution in [2.45, 2.75) is 97.7 Å². The molecule has 0 radical (unpaired) electrons. The molecule has 27 heavy (non-hydrogen) atoms. The molecule has 0 spiro atoms. The van der Waals surface area contributed by atoms with E-state index in [-0.39, 0.29) is 24.4 Å². The highest BCUT2D eigenvalue weighted by atomic mass is 17.2. The maximum absolute atomic E-state index is 11.7. The van der Waals surface area contributed by atoms with Gasteiger partial charge in [-0.3, -0.25) is 4.79 Å². The van der Waals surface area contributed by atoms with Crippen LogP contribution in [0.25, 0.3) is 0 Å². The lowest BCUT2D eigenvalue weighted by Gasteiger charge is -2.41. The molecule has 4 atom stereocenters. The molecule has 0 bridgehead atoms. The summed E-state index contributed by atoms with van der Waals surface area (Å²) in [7, 11) is 1.41. The van der Waals surface area contributed by atoms with Crippen molar-refractivity contribution in [1.29, 1.82) is 0 Å². The van der Waals surface area contributed by atoms with Crippen LogP contribution in [0.3, 0.4) is 0 Å². The SMILES string of the molecule is CC/C=C/[C@H](CC)C/C(=C/[C@]1(CC)C[C@@H](CC)[C@H](CC(=O)OC)OO1)CC. The van der Waals surface area contributed by atoms with Gasteiger partial charge in [-0.05, 0) is 50.4 Å². The molecule has 1 aliphatic rings. The Morgan fingerprint density at radius 2 is 2.00 bits per heavy atom. The van der Waals surface area contributed by atoms with Gasteiger partial charge in [-0.25, -0.2) is 9.78 Å². The van der Waals surface area contributed by atoms with E-state index in [0.717, 1.165) is 44.9 Å². The van der Waals surface area contributed by atoms with Gasteiger partial charge in [0.25, 0.3) is 0 Å². The molecule has 4 heteroatoms. The number of carbonyl (C=O) groups is 1. The normalized spacial score (nSPS) is 27.7. The molecule has 0 aliphatic carbocycles. The third kappa shape index (κ3) is 7.42. The van der Waals surface area contributed by atoms with E-state index in [1.165, 1.54) is 12.7 Å². The second-order valence-electron chi connectivity index (χ2n) is 7.65. The highest BCUT2D eigenvalue weighted by Crippen LogP contribution is 2.39. The highest BCUT2D eigenvalue weighted by Gasteiger charge is 2.41. The number of hydrogen-bond donors (Lipinski definition) is 0. The van der Waals surface area contributed by atoms with Gasteiger partial charge < -0.3 is 4.74 Å². The summed E-state index contributed by atoms with van der Waals surface area (Å²) in [5.74, 6) is 0.613. The maximum Gasteiger partial charge on any atom is 0.308 e. The Hall–Kier alpha value is -1.13. The molecule has 156 valence electrons. The van der Waals surface area contributed by atoms with Crippen molar-refractivity contribution in [2.24, 2.45) is 11.8 Å². The summed E-state index contributed by atoms with van der Waals surface area (Å²) < 4.78 is 4.80. The van der Waals surface area contributed by atoms with Gasteiger partial charge >= 0.3 is 5.97 Å². The van der Waals surface area contributed by atoms with Crippen molar-refractivity contribution in [3.05, 3.63) is 23.8 Å². The van der Waals surface area contributed by atoms with Crippen molar-refractivity contribution in [3.63, 3.8) is 0 Å². The zero-order chi connectivity index (χ0) is 20.3. The molecule has 0 aromatic rings. The number of allylic oxidation sites excluding steroid dienone is 3. The first-order valence-corrected chi connectivity index (χ1v) is 10.8. The first kappa shape index (κ1) is 23.9. The van der Waals surface area contributed by atoms with Crippen LogP contribution in [-0.4, -0.2) is 24.8 Å². The zero-order valence-corrected chi connectivity index (χ0v) is 18.3. The number of methoxy groups -OCH3 is 1. The van der Waals surface area contributed by atoms with Crippen LogP contribution in [-0.2, 0) is 19.3 Å². The molecule has 0 aromatic carbocycles. The fraction of sp³-hybridized carbons (Fsp3) is 0.783. The quantitative estimate of drug-likeness (QED) is 0.244. The minimum atomic E-state index is -0.397. The minimum absolute atomic E-state index is 0.225. The third-order valence-electron chi connectivity index (χ3n) is 5.80. The number of hydrogen-bond acceptors (Lipinski definition) is 4. The van der Waals surface area contributed by atoms with E-state index in [4.69, 9.17) is 14.5 Å². The second kappa shape index (κ2) is 12.4.